The van der Waals surface area contributed by atoms with E-state index in [4.69, 9.17) is 0 Å². The zero-order valence-electron chi connectivity index (χ0n) is 7.34. The second-order valence-corrected chi connectivity index (χ2v) is 4.01. The Balaban J connectivity index is 1.93. The highest BCUT2D eigenvalue weighted by atomic mass is 15.1. The van der Waals surface area contributed by atoms with Gasteiger partial charge in [0.25, 0.3) is 0 Å². The lowest BCUT2D eigenvalue weighted by atomic mass is 9.85. The van der Waals surface area contributed by atoms with Crippen LogP contribution in [-0.2, 0) is 0 Å². The standard InChI is InChI=1S/C9H18N2/c1-11-6-4-8-3-2-5-10-9(8)7-11/h8-10H,2-7H2,1H3/t8-,9+/m1/s1. The van der Waals surface area contributed by atoms with Crippen LogP contribution in [0.15, 0.2) is 0 Å². The third-order valence-corrected chi connectivity index (χ3v) is 3.12. The molecule has 2 aliphatic rings. The largest absolute Gasteiger partial charge is 0.312 e. The van der Waals surface area contributed by atoms with Crippen molar-refractivity contribution in [3.8, 4) is 0 Å². The van der Waals surface area contributed by atoms with E-state index in [0.717, 1.165) is 12.0 Å². The van der Waals surface area contributed by atoms with Gasteiger partial charge in [0.1, 0.15) is 0 Å². The van der Waals surface area contributed by atoms with Crippen LogP contribution in [0.25, 0.3) is 0 Å². The molecule has 2 atom stereocenters. The summed E-state index contributed by atoms with van der Waals surface area (Å²) in [7, 11) is 2.23. The second kappa shape index (κ2) is 3.11. The smallest absolute Gasteiger partial charge is 0.0223 e. The van der Waals surface area contributed by atoms with E-state index in [1.807, 2.05) is 0 Å². The summed E-state index contributed by atoms with van der Waals surface area (Å²) in [4.78, 5) is 2.44. The van der Waals surface area contributed by atoms with E-state index in [9.17, 15) is 0 Å². The molecular weight excluding hydrogens is 136 g/mol. The maximum absolute atomic E-state index is 3.61. The van der Waals surface area contributed by atoms with Crippen LogP contribution in [0.5, 0.6) is 0 Å². The highest BCUT2D eigenvalue weighted by Gasteiger charge is 2.28. The highest BCUT2D eigenvalue weighted by molar-refractivity contribution is 4.87. The van der Waals surface area contributed by atoms with E-state index in [2.05, 4.69) is 17.3 Å². The molecule has 64 valence electrons. The molecule has 0 radical (unpaired) electrons. The average molecular weight is 154 g/mol. The van der Waals surface area contributed by atoms with Crippen LogP contribution in [0.3, 0.4) is 0 Å². The lowest BCUT2D eigenvalue weighted by Crippen LogP contribution is -2.52. The molecule has 0 aromatic heterocycles. The fourth-order valence-corrected chi connectivity index (χ4v) is 2.39. The summed E-state index contributed by atoms with van der Waals surface area (Å²) in [6, 6.07) is 0.808. The first-order valence-corrected chi connectivity index (χ1v) is 4.78. The summed E-state index contributed by atoms with van der Waals surface area (Å²) in [6.45, 7) is 3.82. The number of hydrogen-bond acceptors (Lipinski definition) is 2. The van der Waals surface area contributed by atoms with Crippen molar-refractivity contribution >= 4 is 0 Å². The molecule has 2 aliphatic heterocycles. The Kier molecular flexibility index (Phi) is 2.14. The van der Waals surface area contributed by atoms with Crippen molar-refractivity contribution < 1.29 is 0 Å². The summed E-state index contributed by atoms with van der Waals surface area (Å²) in [6.07, 6.45) is 4.27. The zero-order valence-corrected chi connectivity index (χ0v) is 7.34. The molecule has 0 aliphatic carbocycles. The van der Waals surface area contributed by atoms with Crippen molar-refractivity contribution in [3.63, 3.8) is 0 Å². The fourth-order valence-electron chi connectivity index (χ4n) is 2.39. The van der Waals surface area contributed by atoms with Crippen LogP contribution in [0, 0.1) is 5.92 Å². The van der Waals surface area contributed by atoms with Crippen molar-refractivity contribution in [2.24, 2.45) is 5.92 Å². The minimum Gasteiger partial charge on any atom is -0.312 e. The molecule has 0 aromatic carbocycles. The van der Waals surface area contributed by atoms with E-state index in [1.54, 1.807) is 0 Å². The first kappa shape index (κ1) is 7.56. The minimum atomic E-state index is 0.808. The second-order valence-electron chi connectivity index (χ2n) is 4.01. The predicted octanol–water partition coefficient (Wildman–Crippen LogP) is 0.690. The fraction of sp³-hybridized carbons (Fsp3) is 1.00. The molecule has 0 aromatic rings. The van der Waals surface area contributed by atoms with Gasteiger partial charge >= 0.3 is 0 Å². The van der Waals surface area contributed by atoms with E-state index >= 15 is 0 Å². The van der Waals surface area contributed by atoms with Crippen LogP contribution >= 0.6 is 0 Å². The quantitative estimate of drug-likeness (QED) is 0.552. The van der Waals surface area contributed by atoms with Crippen LogP contribution in [0.2, 0.25) is 0 Å². The first-order valence-electron chi connectivity index (χ1n) is 4.78. The molecule has 2 heteroatoms. The van der Waals surface area contributed by atoms with Gasteiger partial charge in [0.05, 0.1) is 0 Å². The van der Waals surface area contributed by atoms with Gasteiger partial charge < -0.3 is 10.2 Å². The molecule has 2 rings (SSSR count). The molecule has 0 saturated carbocycles. The average Bonchev–Trinajstić information content (AvgIpc) is 2.04. The minimum absolute atomic E-state index is 0.808. The highest BCUT2D eigenvalue weighted by Crippen LogP contribution is 2.24. The van der Waals surface area contributed by atoms with Gasteiger partial charge in [-0.1, -0.05) is 0 Å². The van der Waals surface area contributed by atoms with Crippen molar-refractivity contribution in [1.29, 1.82) is 0 Å². The predicted molar refractivity (Wildman–Crippen MR) is 46.6 cm³/mol. The Hall–Kier alpha value is -0.0800. The number of nitrogens with zero attached hydrogens (tertiary/aromatic N) is 1. The molecule has 2 saturated heterocycles. The van der Waals surface area contributed by atoms with Gasteiger partial charge in [-0.2, -0.15) is 0 Å². The Morgan fingerprint density at radius 1 is 1.36 bits per heavy atom. The molecule has 0 spiro atoms. The van der Waals surface area contributed by atoms with E-state index < -0.39 is 0 Å². The molecule has 1 N–H and O–H groups in total. The molecule has 2 nitrogen and oxygen atoms in total. The van der Waals surface area contributed by atoms with Crippen LogP contribution in [0.1, 0.15) is 19.3 Å². The number of hydrogen-bond donors (Lipinski definition) is 1. The molecule has 2 heterocycles. The third kappa shape index (κ3) is 1.57. The number of likely N-dealkylation sites (tertiary alicyclic amines) is 1. The summed E-state index contributed by atoms with van der Waals surface area (Å²) in [5.41, 5.74) is 0. The van der Waals surface area contributed by atoms with Crippen molar-refractivity contribution in [2.45, 2.75) is 25.3 Å². The lowest BCUT2D eigenvalue weighted by molar-refractivity contribution is 0.138. The summed E-state index contributed by atoms with van der Waals surface area (Å²) >= 11 is 0. The van der Waals surface area contributed by atoms with E-state index in [0.29, 0.717) is 0 Å². The molecule has 0 amide bonds. The summed E-state index contributed by atoms with van der Waals surface area (Å²) in [5.74, 6) is 0.986. The van der Waals surface area contributed by atoms with Crippen molar-refractivity contribution in [3.05, 3.63) is 0 Å². The van der Waals surface area contributed by atoms with Gasteiger partial charge in [-0.3, -0.25) is 0 Å². The summed E-state index contributed by atoms with van der Waals surface area (Å²) in [5, 5.41) is 3.61. The number of nitrogens with one attached hydrogen (secondary N) is 1. The van der Waals surface area contributed by atoms with Gasteiger partial charge in [0.15, 0.2) is 0 Å². The number of likely N-dealkylation sites (N-methyl/N-ethyl adjacent to an activating group) is 1. The molecule has 0 bridgehead atoms. The molecule has 11 heavy (non-hydrogen) atoms. The normalized spacial score (nSPS) is 40.1. The van der Waals surface area contributed by atoms with Crippen LogP contribution < -0.4 is 5.32 Å². The Labute approximate surface area is 69.0 Å². The first-order chi connectivity index (χ1) is 5.36. The topological polar surface area (TPSA) is 15.3 Å². The van der Waals surface area contributed by atoms with E-state index in [1.165, 1.54) is 38.9 Å². The number of rotatable bonds is 0. The SMILES string of the molecule is CN1CC[C@H]2CCCN[C@H]2C1. The monoisotopic (exact) mass is 154 g/mol. The Morgan fingerprint density at radius 3 is 3.18 bits per heavy atom. The Bertz CT molecular complexity index is 136. The number of fused-ring (bicyclic) bond motifs is 1. The van der Waals surface area contributed by atoms with Gasteiger partial charge in [-0.05, 0) is 45.3 Å². The molecule has 0 unspecified atom stereocenters. The maximum Gasteiger partial charge on any atom is 0.0223 e. The molecule has 2 fully saturated rings. The number of piperidine rings is 2. The zero-order chi connectivity index (χ0) is 7.68. The van der Waals surface area contributed by atoms with Crippen molar-refractivity contribution in [1.82, 2.24) is 10.2 Å². The van der Waals surface area contributed by atoms with Gasteiger partial charge in [-0.25, -0.2) is 0 Å². The molecular formula is C9H18N2. The third-order valence-electron chi connectivity index (χ3n) is 3.12. The summed E-state index contributed by atoms with van der Waals surface area (Å²) < 4.78 is 0. The van der Waals surface area contributed by atoms with Gasteiger partial charge in [0.2, 0.25) is 0 Å². The van der Waals surface area contributed by atoms with Gasteiger partial charge in [0, 0.05) is 12.6 Å². The van der Waals surface area contributed by atoms with E-state index in [-0.39, 0.29) is 0 Å². The Morgan fingerprint density at radius 2 is 2.27 bits per heavy atom. The lowest BCUT2D eigenvalue weighted by Gasteiger charge is -2.40. The van der Waals surface area contributed by atoms with Crippen LogP contribution in [-0.4, -0.2) is 37.6 Å². The van der Waals surface area contributed by atoms with Crippen molar-refractivity contribution in [2.75, 3.05) is 26.7 Å². The van der Waals surface area contributed by atoms with Crippen LogP contribution in [0.4, 0.5) is 0 Å². The maximum atomic E-state index is 3.61. The van der Waals surface area contributed by atoms with Gasteiger partial charge in [-0.15, -0.1) is 0 Å².